The van der Waals surface area contributed by atoms with E-state index in [0.29, 0.717) is 19.4 Å². The molecule has 0 saturated carbocycles. The van der Waals surface area contributed by atoms with Crippen LogP contribution in [0.15, 0.2) is 0 Å². The molecule has 0 rings (SSSR count). The van der Waals surface area contributed by atoms with Crippen LogP contribution in [0.1, 0.15) is 26.2 Å². The fraction of sp³-hybridized carbons (Fsp3) is 0.818. The highest BCUT2D eigenvalue weighted by molar-refractivity contribution is 8.00. The number of amides is 2. The maximum Gasteiger partial charge on any atom is 0.441 e. The normalized spacial score (nSPS) is 12.8. The summed E-state index contributed by atoms with van der Waals surface area (Å²) in [5.41, 5.74) is -4.28. The van der Waals surface area contributed by atoms with Crippen LogP contribution in [0, 0.1) is 5.92 Å². The van der Waals surface area contributed by atoms with Gasteiger partial charge in [0, 0.05) is 25.3 Å². The van der Waals surface area contributed by atoms with Crippen molar-refractivity contribution in [2.75, 3.05) is 18.8 Å². The van der Waals surface area contributed by atoms with Gasteiger partial charge in [0.05, 0.1) is 0 Å². The van der Waals surface area contributed by atoms with Crippen molar-refractivity contribution in [3.63, 3.8) is 0 Å². The summed E-state index contributed by atoms with van der Waals surface area (Å²) in [6, 6.07) is -0.516. The quantitative estimate of drug-likeness (QED) is 0.571. The molecule has 0 aromatic carbocycles. The third-order valence-electron chi connectivity index (χ3n) is 2.43. The molecule has 0 heterocycles. The Kier molecular flexibility index (Phi) is 9.19. The molecule has 20 heavy (non-hydrogen) atoms. The third kappa shape index (κ3) is 13.3. The Hall–Kier alpha value is -1.12. The highest BCUT2D eigenvalue weighted by Gasteiger charge is 2.27. The van der Waals surface area contributed by atoms with Crippen LogP contribution in [0.5, 0.6) is 0 Å². The van der Waals surface area contributed by atoms with Gasteiger partial charge in [-0.25, -0.2) is 4.79 Å². The van der Waals surface area contributed by atoms with E-state index in [1.54, 1.807) is 0 Å². The predicted molar refractivity (Wildman–Crippen MR) is 70.6 cm³/mol. The number of carbonyl (C=O) groups is 2. The van der Waals surface area contributed by atoms with Crippen molar-refractivity contribution in [2.24, 2.45) is 5.92 Å². The molecule has 0 aliphatic rings. The van der Waals surface area contributed by atoms with Crippen LogP contribution in [0.2, 0.25) is 0 Å². The standard InChI is InChI=1S/C11H19F3N2O3S/c1-8(2-3-9(17)18)4-5-15-10(19)16-6-7-20-11(12,13)14/h8H,2-7H2,1H3,(H,17,18)(H2,15,16,19). The Morgan fingerprint density at radius 2 is 1.80 bits per heavy atom. The molecule has 0 aromatic heterocycles. The fourth-order valence-electron chi connectivity index (χ4n) is 1.34. The lowest BCUT2D eigenvalue weighted by Gasteiger charge is -2.11. The van der Waals surface area contributed by atoms with E-state index in [2.05, 4.69) is 10.6 Å². The SMILES string of the molecule is CC(CCNC(=O)NCCSC(F)(F)F)CCC(=O)O. The summed E-state index contributed by atoms with van der Waals surface area (Å²) in [6.07, 6.45) is 1.24. The zero-order valence-electron chi connectivity index (χ0n) is 11.1. The molecular weight excluding hydrogens is 297 g/mol. The molecule has 0 spiro atoms. The number of carboxylic acids is 1. The first-order chi connectivity index (χ1) is 9.20. The van der Waals surface area contributed by atoms with E-state index in [-0.39, 0.29) is 36.4 Å². The summed E-state index contributed by atoms with van der Waals surface area (Å²) in [6.45, 7) is 2.17. The molecule has 5 nitrogen and oxygen atoms in total. The predicted octanol–water partition coefficient (Wildman–Crippen LogP) is 2.43. The monoisotopic (exact) mass is 316 g/mol. The van der Waals surface area contributed by atoms with Gasteiger partial charge in [0.1, 0.15) is 0 Å². The average molecular weight is 316 g/mol. The Morgan fingerprint density at radius 3 is 2.35 bits per heavy atom. The van der Waals surface area contributed by atoms with E-state index in [4.69, 9.17) is 5.11 Å². The van der Waals surface area contributed by atoms with Crippen LogP contribution in [-0.2, 0) is 4.79 Å². The van der Waals surface area contributed by atoms with Crippen LogP contribution in [0.4, 0.5) is 18.0 Å². The van der Waals surface area contributed by atoms with Crippen molar-refractivity contribution in [2.45, 2.75) is 31.7 Å². The molecule has 118 valence electrons. The van der Waals surface area contributed by atoms with E-state index < -0.39 is 17.5 Å². The first-order valence-electron chi connectivity index (χ1n) is 6.15. The molecule has 0 saturated heterocycles. The van der Waals surface area contributed by atoms with E-state index in [0.717, 1.165) is 0 Å². The van der Waals surface area contributed by atoms with Gasteiger partial charge in [0.2, 0.25) is 0 Å². The summed E-state index contributed by atoms with van der Waals surface area (Å²) in [4.78, 5) is 21.5. The molecule has 1 atom stereocenters. The van der Waals surface area contributed by atoms with Crippen LogP contribution < -0.4 is 10.6 Å². The summed E-state index contributed by atoms with van der Waals surface area (Å²) in [5, 5.41) is 13.3. The van der Waals surface area contributed by atoms with Gasteiger partial charge in [0.15, 0.2) is 0 Å². The van der Waals surface area contributed by atoms with Crippen molar-refractivity contribution < 1.29 is 27.9 Å². The molecule has 0 aromatic rings. The number of halogens is 3. The van der Waals surface area contributed by atoms with Crippen LogP contribution in [0.25, 0.3) is 0 Å². The van der Waals surface area contributed by atoms with Gasteiger partial charge >= 0.3 is 17.5 Å². The van der Waals surface area contributed by atoms with Gasteiger partial charge < -0.3 is 15.7 Å². The highest BCUT2D eigenvalue weighted by atomic mass is 32.2. The van der Waals surface area contributed by atoms with Gasteiger partial charge in [0.25, 0.3) is 0 Å². The lowest BCUT2D eigenvalue weighted by atomic mass is 10.0. The third-order valence-corrected chi connectivity index (χ3v) is 3.16. The zero-order chi connectivity index (χ0) is 15.6. The Morgan fingerprint density at radius 1 is 1.20 bits per heavy atom. The number of alkyl halides is 3. The van der Waals surface area contributed by atoms with E-state index >= 15 is 0 Å². The maximum absolute atomic E-state index is 11.8. The number of urea groups is 1. The number of carboxylic acid groups (broad SMARTS) is 1. The van der Waals surface area contributed by atoms with Crippen molar-refractivity contribution in [3.05, 3.63) is 0 Å². The van der Waals surface area contributed by atoms with Crippen molar-refractivity contribution in [1.82, 2.24) is 10.6 Å². The van der Waals surface area contributed by atoms with E-state index in [9.17, 15) is 22.8 Å². The van der Waals surface area contributed by atoms with Gasteiger partial charge in [-0.15, -0.1) is 0 Å². The second kappa shape index (κ2) is 9.73. The minimum atomic E-state index is -4.28. The minimum absolute atomic E-state index is 0.0649. The molecule has 3 N–H and O–H groups in total. The molecular formula is C11H19F3N2O3S. The number of hydrogen-bond donors (Lipinski definition) is 3. The van der Waals surface area contributed by atoms with Crippen LogP contribution in [-0.4, -0.2) is 41.5 Å². The van der Waals surface area contributed by atoms with Gasteiger partial charge in [-0.2, -0.15) is 13.2 Å². The number of nitrogens with one attached hydrogen (secondary N) is 2. The van der Waals surface area contributed by atoms with Gasteiger partial charge in [-0.1, -0.05) is 6.92 Å². The number of aliphatic carboxylic acids is 1. The first kappa shape index (κ1) is 18.9. The topological polar surface area (TPSA) is 78.4 Å². The smallest absolute Gasteiger partial charge is 0.441 e. The second-order valence-electron chi connectivity index (χ2n) is 4.30. The summed E-state index contributed by atoms with van der Waals surface area (Å²) < 4.78 is 35.4. The summed E-state index contributed by atoms with van der Waals surface area (Å²) in [7, 11) is 0. The molecule has 0 radical (unpaired) electrons. The largest absolute Gasteiger partial charge is 0.481 e. The molecule has 0 fully saturated rings. The number of thioether (sulfide) groups is 1. The second-order valence-corrected chi connectivity index (χ2v) is 5.46. The number of carbonyl (C=O) groups excluding carboxylic acids is 1. The number of hydrogen-bond acceptors (Lipinski definition) is 3. The minimum Gasteiger partial charge on any atom is -0.481 e. The summed E-state index contributed by atoms with van der Waals surface area (Å²) >= 11 is -0.185. The Labute approximate surface area is 119 Å². The Bertz CT molecular complexity index is 314. The van der Waals surface area contributed by atoms with Crippen molar-refractivity contribution in [3.8, 4) is 0 Å². The number of rotatable bonds is 9. The lowest BCUT2D eigenvalue weighted by Crippen LogP contribution is -2.37. The zero-order valence-corrected chi connectivity index (χ0v) is 11.9. The summed E-state index contributed by atoms with van der Waals surface area (Å²) in [5.74, 6) is -0.928. The maximum atomic E-state index is 11.8. The van der Waals surface area contributed by atoms with Crippen LogP contribution in [0.3, 0.4) is 0 Å². The van der Waals surface area contributed by atoms with Gasteiger partial charge in [-0.3, -0.25) is 4.79 Å². The lowest BCUT2D eigenvalue weighted by molar-refractivity contribution is -0.137. The van der Waals surface area contributed by atoms with Crippen molar-refractivity contribution in [1.29, 1.82) is 0 Å². The molecule has 9 heteroatoms. The fourth-order valence-corrected chi connectivity index (χ4v) is 1.78. The van der Waals surface area contributed by atoms with E-state index in [1.807, 2.05) is 6.92 Å². The molecule has 0 aliphatic carbocycles. The highest BCUT2D eigenvalue weighted by Crippen LogP contribution is 2.29. The molecule has 0 aliphatic heterocycles. The Balaban J connectivity index is 3.51. The molecule has 1 unspecified atom stereocenters. The van der Waals surface area contributed by atoms with Gasteiger partial charge in [-0.05, 0) is 30.5 Å². The first-order valence-corrected chi connectivity index (χ1v) is 7.13. The van der Waals surface area contributed by atoms with E-state index in [1.165, 1.54) is 0 Å². The van der Waals surface area contributed by atoms with Crippen molar-refractivity contribution >= 4 is 23.8 Å². The van der Waals surface area contributed by atoms with Crippen LogP contribution >= 0.6 is 11.8 Å². The molecule has 0 bridgehead atoms. The average Bonchev–Trinajstić information content (AvgIpc) is 2.31. The molecule has 2 amide bonds.